The summed E-state index contributed by atoms with van der Waals surface area (Å²) in [5, 5.41) is -1.17. The van der Waals surface area contributed by atoms with E-state index in [4.69, 9.17) is 19.9 Å². The molecule has 0 aromatic carbocycles. The monoisotopic (exact) mass is 405 g/mol. The van der Waals surface area contributed by atoms with Crippen molar-refractivity contribution in [1.82, 2.24) is 9.55 Å². The number of nitrogen functional groups attached to an aromatic ring is 1. The van der Waals surface area contributed by atoms with Crippen LogP contribution >= 0.6 is 11.8 Å². The zero-order chi connectivity index (χ0) is 20.4. The number of nitrogens with zero attached hydrogens (tertiary/aromatic N) is 2. The molecule has 1 fully saturated rings. The molecule has 0 unspecified atom stereocenters. The van der Waals surface area contributed by atoms with Gasteiger partial charge in [0.05, 0.1) is 7.11 Å². The molecular formula is C15H20FN3O7S. The number of halogens is 1. The first-order valence-corrected chi connectivity index (χ1v) is 8.74. The summed E-state index contributed by atoms with van der Waals surface area (Å²) in [6.45, 7) is 4.82. The summed E-state index contributed by atoms with van der Waals surface area (Å²) in [7, 11) is 1.07. The van der Waals surface area contributed by atoms with E-state index in [0.29, 0.717) is 0 Å². The largest absolute Gasteiger partial charge is 0.509 e. The van der Waals surface area contributed by atoms with Gasteiger partial charge in [-0.15, -0.1) is 0 Å². The number of nitrogens with two attached hydrogens (primary N) is 1. The summed E-state index contributed by atoms with van der Waals surface area (Å²) < 4.78 is 35.4. The second-order valence-corrected chi connectivity index (χ2v) is 7.72. The standard InChI is InChI=1S/C15H20FN3O7S/c1-15(2,3)26-14(22)24-9-8(16)10(27-11(9)25-13(21)23-4)19-6-5-7(17)18-12(19)20/h5-6,8-11H,1-4H3,(H2,17,18,20)/t8-,9-,10+,11+/m0/s1. The first-order chi connectivity index (χ1) is 12.5. The van der Waals surface area contributed by atoms with Gasteiger partial charge in [-0.1, -0.05) is 11.8 Å². The minimum Gasteiger partial charge on any atom is -0.438 e. The lowest BCUT2D eigenvalue weighted by molar-refractivity contribution is -0.0685. The Morgan fingerprint density at radius 1 is 1.30 bits per heavy atom. The lowest BCUT2D eigenvalue weighted by Crippen LogP contribution is -2.38. The third-order valence-corrected chi connectivity index (χ3v) is 4.65. The van der Waals surface area contributed by atoms with E-state index in [1.54, 1.807) is 20.8 Å². The molecule has 0 bridgehead atoms. The maximum absolute atomic E-state index is 15.0. The van der Waals surface area contributed by atoms with Crippen molar-refractivity contribution in [2.45, 2.75) is 49.5 Å². The summed E-state index contributed by atoms with van der Waals surface area (Å²) in [6.07, 6.45) is -4.42. The van der Waals surface area contributed by atoms with E-state index in [1.807, 2.05) is 0 Å². The van der Waals surface area contributed by atoms with Gasteiger partial charge in [0.2, 0.25) is 0 Å². The number of anilines is 1. The van der Waals surface area contributed by atoms with Gasteiger partial charge in [0.25, 0.3) is 0 Å². The van der Waals surface area contributed by atoms with E-state index < -0.39 is 46.7 Å². The lowest BCUT2D eigenvalue weighted by Gasteiger charge is -2.23. The number of carbonyl (C=O) groups is 2. The van der Waals surface area contributed by atoms with Crippen molar-refractivity contribution in [3.05, 3.63) is 22.7 Å². The van der Waals surface area contributed by atoms with Crippen LogP contribution in [0.2, 0.25) is 0 Å². The molecule has 27 heavy (non-hydrogen) atoms. The Bertz CT molecular complexity index is 767. The lowest BCUT2D eigenvalue weighted by atomic mass is 10.2. The van der Waals surface area contributed by atoms with Gasteiger partial charge in [-0.3, -0.25) is 4.57 Å². The fourth-order valence-electron chi connectivity index (χ4n) is 2.18. The van der Waals surface area contributed by atoms with Crippen molar-refractivity contribution in [3.63, 3.8) is 0 Å². The summed E-state index contributed by atoms with van der Waals surface area (Å²) in [5.74, 6) is -0.0291. The Kier molecular flexibility index (Phi) is 6.19. The van der Waals surface area contributed by atoms with E-state index in [2.05, 4.69) is 9.72 Å². The van der Waals surface area contributed by atoms with Crippen LogP contribution in [0, 0.1) is 0 Å². The average molecular weight is 405 g/mol. The maximum atomic E-state index is 15.0. The molecule has 2 N–H and O–H groups in total. The number of methoxy groups -OCH3 is 1. The van der Waals surface area contributed by atoms with Crippen molar-refractivity contribution in [2.24, 2.45) is 0 Å². The molecule has 2 rings (SSSR count). The van der Waals surface area contributed by atoms with Crippen LogP contribution in [0.5, 0.6) is 0 Å². The number of carbonyl (C=O) groups excluding carboxylic acids is 2. The van der Waals surface area contributed by atoms with Gasteiger partial charge >= 0.3 is 18.0 Å². The van der Waals surface area contributed by atoms with Crippen LogP contribution in [0.25, 0.3) is 0 Å². The van der Waals surface area contributed by atoms with Crippen LogP contribution < -0.4 is 11.4 Å². The Labute approximate surface area is 158 Å². The Morgan fingerprint density at radius 3 is 2.52 bits per heavy atom. The molecule has 1 aliphatic rings. The molecular weight excluding hydrogens is 385 g/mol. The van der Waals surface area contributed by atoms with Crippen LogP contribution in [-0.2, 0) is 18.9 Å². The number of thioether (sulfide) groups is 1. The van der Waals surface area contributed by atoms with Crippen molar-refractivity contribution < 1.29 is 32.9 Å². The molecule has 150 valence electrons. The predicted molar refractivity (Wildman–Crippen MR) is 92.8 cm³/mol. The number of hydrogen-bond donors (Lipinski definition) is 1. The van der Waals surface area contributed by atoms with Gasteiger partial charge in [-0.2, -0.15) is 4.98 Å². The van der Waals surface area contributed by atoms with E-state index in [1.165, 1.54) is 12.3 Å². The van der Waals surface area contributed by atoms with E-state index >= 15 is 4.39 Å². The second kappa shape index (κ2) is 8.03. The molecule has 0 amide bonds. The van der Waals surface area contributed by atoms with Gasteiger partial charge in [-0.05, 0) is 26.8 Å². The fraction of sp³-hybridized carbons (Fsp3) is 0.600. The zero-order valence-electron chi connectivity index (χ0n) is 15.1. The van der Waals surface area contributed by atoms with Crippen LogP contribution in [-0.4, -0.2) is 52.3 Å². The minimum absolute atomic E-state index is 0.0291. The third-order valence-electron chi connectivity index (χ3n) is 3.25. The van der Waals surface area contributed by atoms with Crippen LogP contribution in [0.1, 0.15) is 26.1 Å². The number of aromatic nitrogens is 2. The van der Waals surface area contributed by atoms with Gasteiger partial charge in [0.1, 0.15) is 16.8 Å². The highest BCUT2D eigenvalue weighted by Gasteiger charge is 2.51. The van der Waals surface area contributed by atoms with Crippen LogP contribution in [0.15, 0.2) is 17.1 Å². The first-order valence-electron chi connectivity index (χ1n) is 7.80. The normalized spacial score (nSPS) is 24.9. The summed E-state index contributed by atoms with van der Waals surface area (Å²) in [5.41, 5.74) is 2.49. The number of alkyl halides is 1. The Morgan fingerprint density at radius 2 is 1.96 bits per heavy atom. The molecule has 0 spiro atoms. The smallest absolute Gasteiger partial charge is 0.438 e. The summed E-state index contributed by atoms with van der Waals surface area (Å²) in [6, 6.07) is 1.31. The maximum Gasteiger partial charge on any atom is 0.509 e. The summed E-state index contributed by atoms with van der Waals surface area (Å²) in [4.78, 5) is 38.9. The first kappa shape index (κ1) is 20.8. The van der Waals surface area contributed by atoms with Gasteiger partial charge in [-0.25, -0.2) is 18.8 Å². The molecule has 10 nitrogen and oxygen atoms in total. The van der Waals surface area contributed by atoms with Crippen molar-refractivity contribution >= 4 is 29.9 Å². The van der Waals surface area contributed by atoms with Gasteiger partial charge in [0, 0.05) is 6.20 Å². The van der Waals surface area contributed by atoms with E-state index in [-0.39, 0.29) is 5.82 Å². The molecule has 2 heterocycles. The molecule has 1 aromatic heterocycles. The van der Waals surface area contributed by atoms with Crippen molar-refractivity contribution in [3.8, 4) is 0 Å². The highest BCUT2D eigenvalue weighted by molar-refractivity contribution is 8.00. The van der Waals surface area contributed by atoms with Gasteiger partial charge in [0.15, 0.2) is 17.7 Å². The molecule has 0 radical (unpaired) electrons. The zero-order valence-corrected chi connectivity index (χ0v) is 15.9. The van der Waals surface area contributed by atoms with E-state index in [0.717, 1.165) is 23.4 Å². The minimum atomic E-state index is -1.90. The number of rotatable bonds is 3. The predicted octanol–water partition coefficient (Wildman–Crippen LogP) is 1.84. The molecule has 4 atom stereocenters. The highest BCUT2D eigenvalue weighted by atomic mass is 32.2. The SMILES string of the molecule is COC(=O)O[C@@H]1S[C@@H](n2ccc(N)nc2=O)[C@@H](F)[C@@H]1OC(=O)OC(C)(C)C. The van der Waals surface area contributed by atoms with E-state index in [9.17, 15) is 14.4 Å². The number of hydrogen-bond acceptors (Lipinski definition) is 10. The molecule has 1 aliphatic heterocycles. The third kappa shape index (κ3) is 5.25. The quantitative estimate of drug-likeness (QED) is 0.743. The Balaban J connectivity index is 2.26. The molecule has 0 aliphatic carbocycles. The van der Waals surface area contributed by atoms with Crippen LogP contribution in [0.3, 0.4) is 0 Å². The Hall–Kier alpha value is -2.50. The molecule has 12 heteroatoms. The molecule has 1 aromatic rings. The molecule has 0 saturated carbocycles. The van der Waals surface area contributed by atoms with Crippen LogP contribution in [0.4, 0.5) is 19.8 Å². The topological polar surface area (TPSA) is 132 Å². The number of ether oxygens (including phenoxy) is 4. The summed E-state index contributed by atoms with van der Waals surface area (Å²) >= 11 is 0.755. The van der Waals surface area contributed by atoms with Crippen molar-refractivity contribution in [2.75, 3.05) is 12.8 Å². The highest BCUT2D eigenvalue weighted by Crippen LogP contribution is 2.45. The average Bonchev–Trinajstić information content (AvgIpc) is 2.82. The second-order valence-electron chi connectivity index (χ2n) is 6.50. The van der Waals surface area contributed by atoms with Crippen molar-refractivity contribution in [1.29, 1.82) is 0 Å². The molecule has 1 saturated heterocycles. The fourth-order valence-corrected chi connectivity index (χ4v) is 3.55. The van der Waals surface area contributed by atoms with Gasteiger partial charge < -0.3 is 24.7 Å².